The molecule has 2 N–H and O–H groups in total. The molecular weight excluding hydrogens is 345 g/mol. The van der Waals surface area contributed by atoms with Crippen molar-refractivity contribution >= 4 is 5.96 Å². The van der Waals surface area contributed by atoms with Gasteiger partial charge in [0.1, 0.15) is 6.10 Å². The first-order valence-corrected chi connectivity index (χ1v) is 9.09. The van der Waals surface area contributed by atoms with Crippen LogP contribution in [0.5, 0.6) is 5.75 Å². The van der Waals surface area contributed by atoms with E-state index in [4.69, 9.17) is 4.74 Å². The fraction of sp³-hybridized carbons (Fsp3) is 0.381. The van der Waals surface area contributed by atoms with Crippen LogP contribution in [0.3, 0.4) is 0 Å². The number of aliphatic imine (C=N–C) groups is 1. The Balaban J connectivity index is 1.67. The lowest BCUT2D eigenvalue weighted by Crippen LogP contribution is -2.48. The van der Waals surface area contributed by atoms with Gasteiger partial charge in [-0.3, -0.25) is 4.99 Å². The third-order valence-corrected chi connectivity index (χ3v) is 4.81. The molecule has 144 valence electrons. The fourth-order valence-corrected chi connectivity index (χ4v) is 3.39. The summed E-state index contributed by atoms with van der Waals surface area (Å²) in [4.78, 5) is 6.52. The molecule has 0 aliphatic carbocycles. The summed E-state index contributed by atoms with van der Waals surface area (Å²) in [5.74, 6) is -0.209. The average molecular weight is 371 g/mol. The van der Waals surface area contributed by atoms with Crippen molar-refractivity contribution in [1.82, 2.24) is 10.2 Å². The molecule has 1 fully saturated rings. The Kier molecular flexibility index (Phi) is 5.96. The lowest BCUT2D eigenvalue weighted by atomic mass is 10.00. The number of aryl methyl sites for hydroxylation is 2. The van der Waals surface area contributed by atoms with Crippen molar-refractivity contribution in [2.75, 3.05) is 26.7 Å². The van der Waals surface area contributed by atoms with Gasteiger partial charge in [0.15, 0.2) is 17.5 Å². The van der Waals surface area contributed by atoms with Crippen LogP contribution < -0.4 is 5.32 Å². The van der Waals surface area contributed by atoms with Crippen molar-refractivity contribution in [1.29, 1.82) is 0 Å². The number of guanidine groups is 1. The van der Waals surface area contributed by atoms with Crippen molar-refractivity contribution in [3.8, 4) is 5.75 Å². The Labute approximate surface area is 159 Å². The maximum absolute atomic E-state index is 13.5. The molecule has 0 spiro atoms. The first kappa shape index (κ1) is 19.2. The zero-order valence-electron chi connectivity index (χ0n) is 16.0. The molecule has 27 heavy (non-hydrogen) atoms. The number of halogens is 1. The lowest BCUT2D eigenvalue weighted by molar-refractivity contribution is -0.00834. The number of phenols is 1. The fourth-order valence-electron chi connectivity index (χ4n) is 3.39. The second-order valence-corrected chi connectivity index (χ2v) is 6.85. The molecule has 0 amide bonds. The van der Waals surface area contributed by atoms with Gasteiger partial charge in [0.25, 0.3) is 0 Å². The molecule has 1 aliphatic rings. The van der Waals surface area contributed by atoms with Crippen LogP contribution in [-0.2, 0) is 11.3 Å². The van der Waals surface area contributed by atoms with E-state index in [0.717, 1.165) is 18.1 Å². The van der Waals surface area contributed by atoms with E-state index in [9.17, 15) is 9.50 Å². The standard InChI is InChI=1S/C21H26FN3O2/c1-14-4-6-17(15(2)10-14)20-13-25(8-9-27-20)21(23-3)24-12-16-5-7-19(26)18(22)11-16/h4-7,10-11,20,26H,8-9,12-13H2,1-3H3,(H,23,24). The normalized spacial score (nSPS) is 17.9. The van der Waals surface area contributed by atoms with Crippen LogP contribution in [0, 0.1) is 19.7 Å². The topological polar surface area (TPSA) is 57.1 Å². The lowest BCUT2D eigenvalue weighted by Gasteiger charge is -2.36. The first-order valence-electron chi connectivity index (χ1n) is 9.09. The molecule has 5 nitrogen and oxygen atoms in total. The molecule has 0 radical (unpaired) electrons. The number of benzene rings is 2. The molecule has 1 saturated heterocycles. The summed E-state index contributed by atoms with van der Waals surface area (Å²) >= 11 is 0. The minimum Gasteiger partial charge on any atom is -0.505 e. The summed E-state index contributed by atoms with van der Waals surface area (Å²) in [6.45, 7) is 6.68. The van der Waals surface area contributed by atoms with Crippen LogP contribution in [0.1, 0.15) is 28.4 Å². The van der Waals surface area contributed by atoms with Crippen LogP contribution in [0.15, 0.2) is 41.4 Å². The van der Waals surface area contributed by atoms with Gasteiger partial charge in [-0.05, 0) is 42.7 Å². The predicted octanol–water partition coefficient (Wildman–Crippen LogP) is 3.30. The van der Waals surface area contributed by atoms with E-state index < -0.39 is 5.82 Å². The molecule has 1 atom stereocenters. The summed E-state index contributed by atoms with van der Waals surface area (Å²) in [5, 5.41) is 12.6. The summed E-state index contributed by atoms with van der Waals surface area (Å²) in [7, 11) is 1.74. The van der Waals surface area contributed by atoms with Gasteiger partial charge in [0, 0.05) is 20.1 Å². The Hall–Kier alpha value is -2.60. The van der Waals surface area contributed by atoms with E-state index >= 15 is 0 Å². The molecule has 2 aromatic rings. The molecular formula is C21H26FN3O2. The van der Waals surface area contributed by atoms with Gasteiger partial charge in [-0.15, -0.1) is 0 Å². The van der Waals surface area contributed by atoms with E-state index in [2.05, 4.69) is 47.3 Å². The van der Waals surface area contributed by atoms with Crippen molar-refractivity contribution in [2.24, 2.45) is 4.99 Å². The van der Waals surface area contributed by atoms with Gasteiger partial charge in [-0.2, -0.15) is 0 Å². The van der Waals surface area contributed by atoms with Gasteiger partial charge in [0.2, 0.25) is 0 Å². The van der Waals surface area contributed by atoms with Crippen molar-refractivity contribution in [3.05, 3.63) is 64.5 Å². The smallest absolute Gasteiger partial charge is 0.194 e. The molecule has 2 aromatic carbocycles. The maximum Gasteiger partial charge on any atom is 0.194 e. The largest absolute Gasteiger partial charge is 0.505 e. The van der Waals surface area contributed by atoms with Gasteiger partial charge < -0.3 is 20.1 Å². The Morgan fingerprint density at radius 1 is 1.30 bits per heavy atom. The number of ether oxygens (including phenoxy) is 1. The zero-order valence-corrected chi connectivity index (χ0v) is 16.0. The number of hydrogen-bond donors (Lipinski definition) is 2. The van der Waals surface area contributed by atoms with Gasteiger partial charge in [0.05, 0.1) is 13.2 Å². The van der Waals surface area contributed by atoms with Gasteiger partial charge in [-0.1, -0.05) is 29.8 Å². The second-order valence-electron chi connectivity index (χ2n) is 6.85. The third kappa shape index (κ3) is 4.57. The van der Waals surface area contributed by atoms with E-state index in [0.29, 0.717) is 19.7 Å². The Morgan fingerprint density at radius 2 is 2.11 bits per heavy atom. The summed E-state index contributed by atoms with van der Waals surface area (Å²) in [5.41, 5.74) is 4.40. The van der Waals surface area contributed by atoms with Crippen molar-refractivity contribution < 1.29 is 14.2 Å². The molecule has 1 aliphatic heterocycles. The highest BCUT2D eigenvalue weighted by Crippen LogP contribution is 2.26. The third-order valence-electron chi connectivity index (χ3n) is 4.81. The molecule has 0 saturated carbocycles. The number of phenolic OH excluding ortho intramolecular Hbond substituents is 1. The molecule has 6 heteroatoms. The second kappa shape index (κ2) is 8.39. The molecule has 1 heterocycles. The highest BCUT2D eigenvalue weighted by molar-refractivity contribution is 5.80. The number of nitrogens with zero attached hydrogens (tertiary/aromatic N) is 2. The van der Waals surface area contributed by atoms with Crippen LogP contribution in [-0.4, -0.2) is 42.7 Å². The maximum atomic E-state index is 13.5. The number of morpholine rings is 1. The van der Waals surface area contributed by atoms with E-state index in [1.807, 2.05) is 0 Å². The van der Waals surface area contributed by atoms with E-state index in [1.54, 1.807) is 13.1 Å². The zero-order chi connectivity index (χ0) is 19.4. The van der Waals surface area contributed by atoms with Crippen molar-refractivity contribution in [2.45, 2.75) is 26.5 Å². The minimum atomic E-state index is -0.620. The SMILES string of the molecule is CN=C(NCc1ccc(O)c(F)c1)N1CCOC(c2ccc(C)cc2C)C1. The van der Waals surface area contributed by atoms with Crippen LogP contribution >= 0.6 is 0 Å². The van der Waals surface area contributed by atoms with E-state index in [1.165, 1.54) is 28.8 Å². The number of nitrogens with one attached hydrogen (secondary N) is 1. The highest BCUT2D eigenvalue weighted by atomic mass is 19.1. The molecule has 0 aromatic heterocycles. The highest BCUT2D eigenvalue weighted by Gasteiger charge is 2.25. The number of aromatic hydroxyl groups is 1. The summed E-state index contributed by atoms with van der Waals surface area (Å²) in [6.07, 6.45) is -0.0102. The number of hydrogen-bond acceptors (Lipinski definition) is 3. The molecule has 0 bridgehead atoms. The number of rotatable bonds is 3. The van der Waals surface area contributed by atoms with Crippen LogP contribution in [0.25, 0.3) is 0 Å². The van der Waals surface area contributed by atoms with Crippen molar-refractivity contribution in [3.63, 3.8) is 0 Å². The van der Waals surface area contributed by atoms with Gasteiger partial charge >= 0.3 is 0 Å². The van der Waals surface area contributed by atoms with E-state index in [-0.39, 0.29) is 11.9 Å². The summed E-state index contributed by atoms with van der Waals surface area (Å²) < 4.78 is 19.5. The average Bonchev–Trinajstić information content (AvgIpc) is 2.65. The Morgan fingerprint density at radius 3 is 2.81 bits per heavy atom. The Bertz CT molecular complexity index is 838. The quantitative estimate of drug-likeness (QED) is 0.642. The minimum absolute atomic E-state index is 0.0102. The molecule has 3 rings (SSSR count). The predicted molar refractivity (Wildman–Crippen MR) is 104 cm³/mol. The summed E-state index contributed by atoms with van der Waals surface area (Å²) in [6, 6.07) is 10.8. The van der Waals surface area contributed by atoms with Gasteiger partial charge in [-0.25, -0.2) is 4.39 Å². The monoisotopic (exact) mass is 371 g/mol. The first-order chi connectivity index (χ1) is 13.0. The van der Waals surface area contributed by atoms with Crippen LogP contribution in [0.4, 0.5) is 4.39 Å². The van der Waals surface area contributed by atoms with Crippen LogP contribution in [0.2, 0.25) is 0 Å². The molecule has 1 unspecified atom stereocenters.